The maximum atomic E-state index is 15.0. The summed E-state index contributed by atoms with van der Waals surface area (Å²) in [6, 6.07) is 8.31. The molecule has 4 rings (SSSR count). The molecular weight excluding hydrogens is 441 g/mol. The number of rotatable bonds is 8. The van der Waals surface area contributed by atoms with Crippen LogP contribution in [0.4, 0.5) is 27.5 Å². The molecule has 0 saturated carbocycles. The van der Waals surface area contributed by atoms with Gasteiger partial charge in [0.1, 0.15) is 11.6 Å². The first kappa shape index (κ1) is 21.6. The highest BCUT2D eigenvalue weighted by atomic mass is 35.5. The van der Waals surface area contributed by atoms with Crippen LogP contribution in [0.1, 0.15) is 5.56 Å². The SMILES string of the molecule is COCCOc1c(C)ccc(Nc2ncc(Cl)c(Nc3ccc4oc(=O)[nH]c4c3)n2)c1F. The lowest BCUT2D eigenvalue weighted by Gasteiger charge is -2.14. The van der Waals surface area contributed by atoms with E-state index in [2.05, 4.69) is 25.6 Å². The minimum atomic E-state index is -0.566. The highest BCUT2D eigenvalue weighted by Gasteiger charge is 2.15. The Balaban J connectivity index is 1.57. The van der Waals surface area contributed by atoms with E-state index in [9.17, 15) is 9.18 Å². The van der Waals surface area contributed by atoms with Crippen LogP contribution in [0.2, 0.25) is 5.02 Å². The molecule has 0 fully saturated rings. The molecule has 32 heavy (non-hydrogen) atoms. The quantitative estimate of drug-likeness (QED) is 0.329. The van der Waals surface area contributed by atoms with Crippen molar-refractivity contribution in [3.8, 4) is 5.75 Å². The third kappa shape index (κ3) is 4.66. The standard InChI is InChI=1S/C21H19ClFN5O4/c1-11-3-5-14(17(23)18(11)31-8-7-30-2)26-20-24-10-13(22)19(28-20)25-12-4-6-16-15(9-12)27-21(29)32-16/h3-6,9-10H,7-8H2,1-2H3,(H,27,29)(H2,24,25,26,28). The number of hydrogen-bond donors (Lipinski definition) is 3. The average Bonchev–Trinajstić information content (AvgIpc) is 3.14. The zero-order chi connectivity index (χ0) is 22.7. The van der Waals surface area contributed by atoms with Crippen LogP contribution < -0.4 is 21.1 Å². The van der Waals surface area contributed by atoms with E-state index in [0.29, 0.717) is 34.8 Å². The topological polar surface area (TPSA) is 114 Å². The van der Waals surface area contributed by atoms with Gasteiger partial charge in [-0.05, 0) is 36.8 Å². The van der Waals surface area contributed by atoms with Crippen molar-refractivity contribution in [1.82, 2.24) is 15.0 Å². The van der Waals surface area contributed by atoms with Crippen molar-refractivity contribution in [1.29, 1.82) is 0 Å². The van der Waals surface area contributed by atoms with Gasteiger partial charge in [-0.2, -0.15) is 4.98 Å². The number of H-pyrrole nitrogens is 1. The number of ether oxygens (including phenoxy) is 2. The van der Waals surface area contributed by atoms with E-state index in [4.69, 9.17) is 25.5 Å². The van der Waals surface area contributed by atoms with E-state index >= 15 is 0 Å². The van der Waals surface area contributed by atoms with Crippen LogP contribution in [0.5, 0.6) is 5.75 Å². The van der Waals surface area contributed by atoms with Crippen LogP contribution in [0.3, 0.4) is 0 Å². The Morgan fingerprint density at radius 3 is 2.88 bits per heavy atom. The smallest absolute Gasteiger partial charge is 0.417 e. The van der Waals surface area contributed by atoms with E-state index < -0.39 is 11.6 Å². The van der Waals surface area contributed by atoms with Crippen molar-refractivity contribution in [2.75, 3.05) is 31.0 Å². The normalized spacial score (nSPS) is 11.0. The summed E-state index contributed by atoms with van der Waals surface area (Å²) in [4.78, 5) is 22.4. The van der Waals surface area contributed by atoms with Crippen LogP contribution in [0.15, 0.2) is 45.7 Å². The molecule has 0 spiro atoms. The molecule has 0 amide bonds. The molecule has 166 valence electrons. The second kappa shape index (κ2) is 9.25. The van der Waals surface area contributed by atoms with E-state index in [-0.39, 0.29) is 29.0 Å². The molecule has 11 heteroatoms. The lowest BCUT2D eigenvalue weighted by atomic mass is 10.2. The minimum Gasteiger partial charge on any atom is -0.488 e. The van der Waals surface area contributed by atoms with Crippen LogP contribution in [0, 0.1) is 12.7 Å². The predicted molar refractivity (Wildman–Crippen MR) is 119 cm³/mol. The van der Waals surface area contributed by atoms with Crippen molar-refractivity contribution >= 4 is 45.8 Å². The molecule has 0 aliphatic rings. The Morgan fingerprint density at radius 1 is 1.22 bits per heavy atom. The maximum absolute atomic E-state index is 15.0. The summed E-state index contributed by atoms with van der Waals surface area (Å²) in [7, 11) is 1.54. The molecule has 2 heterocycles. The summed E-state index contributed by atoms with van der Waals surface area (Å²) in [6.07, 6.45) is 1.39. The number of methoxy groups -OCH3 is 1. The number of nitrogens with zero attached hydrogens (tertiary/aromatic N) is 2. The van der Waals surface area contributed by atoms with E-state index in [1.54, 1.807) is 44.4 Å². The number of anilines is 4. The number of oxazole rings is 1. The molecule has 0 unspecified atom stereocenters. The Bertz CT molecular complexity index is 1320. The summed E-state index contributed by atoms with van der Waals surface area (Å²) in [6.45, 7) is 2.31. The molecule has 2 aromatic heterocycles. The Labute approximate surface area is 186 Å². The highest BCUT2D eigenvalue weighted by molar-refractivity contribution is 6.32. The first-order valence-electron chi connectivity index (χ1n) is 9.55. The van der Waals surface area contributed by atoms with Crippen LogP contribution in [-0.2, 0) is 4.74 Å². The van der Waals surface area contributed by atoms with Gasteiger partial charge >= 0.3 is 5.76 Å². The van der Waals surface area contributed by atoms with Gasteiger partial charge in [0.15, 0.2) is 23.0 Å². The zero-order valence-electron chi connectivity index (χ0n) is 17.2. The monoisotopic (exact) mass is 459 g/mol. The van der Waals surface area contributed by atoms with Gasteiger partial charge in [0.2, 0.25) is 5.95 Å². The van der Waals surface area contributed by atoms with Crippen LogP contribution >= 0.6 is 11.6 Å². The number of nitrogens with one attached hydrogen (secondary N) is 3. The zero-order valence-corrected chi connectivity index (χ0v) is 17.9. The molecular formula is C21H19ClFN5O4. The van der Waals surface area contributed by atoms with Gasteiger partial charge in [-0.1, -0.05) is 17.7 Å². The maximum Gasteiger partial charge on any atom is 0.417 e. The molecule has 0 aliphatic heterocycles. The number of aromatic amines is 1. The minimum absolute atomic E-state index is 0.125. The van der Waals surface area contributed by atoms with Crippen molar-refractivity contribution < 1.29 is 18.3 Å². The average molecular weight is 460 g/mol. The molecule has 3 N–H and O–H groups in total. The number of hydrogen-bond acceptors (Lipinski definition) is 8. The summed E-state index contributed by atoms with van der Waals surface area (Å²) >= 11 is 6.22. The molecule has 9 nitrogen and oxygen atoms in total. The Hall–Kier alpha value is -3.63. The molecule has 4 aromatic rings. The number of fused-ring (bicyclic) bond motifs is 1. The van der Waals surface area contributed by atoms with E-state index in [1.807, 2.05) is 0 Å². The highest BCUT2D eigenvalue weighted by Crippen LogP contribution is 2.31. The lowest BCUT2D eigenvalue weighted by Crippen LogP contribution is -2.08. The third-order valence-electron chi connectivity index (χ3n) is 4.50. The number of halogens is 2. The molecule has 0 aliphatic carbocycles. The first-order chi connectivity index (χ1) is 15.4. The number of aromatic nitrogens is 3. The van der Waals surface area contributed by atoms with Gasteiger partial charge in [-0.25, -0.2) is 14.2 Å². The molecule has 0 saturated heterocycles. The number of benzene rings is 2. The van der Waals surface area contributed by atoms with Gasteiger partial charge in [-0.15, -0.1) is 0 Å². The molecule has 0 bridgehead atoms. The first-order valence-corrected chi connectivity index (χ1v) is 9.92. The fourth-order valence-electron chi connectivity index (χ4n) is 2.96. The summed E-state index contributed by atoms with van der Waals surface area (Å²) in [5.74, 6) is -0.571. The van der Waals surface area contributed by atoms with Gasteiger partial charge in [0.05, 0.1) is 24.0 Å². The van der Waals surface area contributed by atoms with Crippen molar-refractivity contribution in [3.63, 3.8) is 0 Å². The van der Waals surface area contributed by atoms with Crippen LogP contribution in [-0.4, -0.2) is 35.3 Å². The van der Waals surface area contributed by atoms with Crippen molar-refractivity contribution in [3.05, 3.63) is 63.5 Å². The second-order valence-electron chi connectivity index (χ2n) is 6.78. The van der Waals surface area contributed by atoms with Crippen molar-refractivity contribution in [2.24, 2.45) is 0 Å². The van der Waals surface area contributed by atoms with Gasteiger partial charge < -0.3 is 24.5 Å². The van der Waals surface area contributed by atoms with Crippen LogP contribution in [0.25, 0.3) is 11.1 Å². The fourth-order valence-corrected chi connectivity index (χ4v) is 3.09. The fraction of sp³-hybridized carbons (Fsp3) is 0.190. The van der Waals surface area contributed by atoms with Gasteiger partial charge in [-0.3, -0.25) is 4.98 Å². The molecule has 0 radical (unpaired) electrons. The van der Waals surface area contributed by atoms with E-state index in [0.717, 1.165) is 0 Å². The predicted octanol–water partition coefficient (Wildman–Crippen LogP) is 4.52. The third-order valence-corrected chi connectivity index (χ3v) is 4.78. The van der Waals surface area contributed by atoms with Gasteiger partial charge in [0, 0.05) is 12.8 Å². The number of aryl methyl sites for hydroxylation is 1. The molecule has 2 aromatic carbocycles. The summed E-state index contributed by atoms with van der Waals surface area (Å²) < 4.78 is 30.4. The summed E-state index contributed by atoms with van der Waals surface area (Å²) in [5, 5.41) is 6.15. The van der Waals surface area contributed by atoms with Crippen molar-refractivity contribution in [2.45, 2.75) is 6.92 Å². The largest absolute Gasteiger partial charge is 0.488 e. The summed E-state index contributed by atoms with van der Waals surface area (Å²) in [5.41, 5.74) is 2.35. The Kier molecular flexibility index (Phi) is 6.24. The van der Waals surface area contributed by atoms with Gasteiger partial charge in [0.25, 0.3) is 0 Å². The van der Waals surface area contributed by atoms with E-state index in [1.165, 1.54) is 6.20 Å². The molecule has 0 atom stereocenters. The Morgan fingerprint density at radius 2 is 2.06 bits per heavy atom. The second-order valence-corrected chi connectivity index (χ2v) is 7.19. The lowest BCUT2D eigenvalue weighted by molar-refractivity contribution is 0.143.